The molecule has 2 aliphatic heterocycles. The van der Waals surface area contributed by atoms with Gasteiger partial charge in [0, 0.05) is 13.2 Å². The lowest BCUT2D eigenvalue weighted by Crippen LogP contribution is -2.37. The number of hydrogen-bond acceptors (Lipinski definition) is 3. The monoisotopic (exact) mass is 240 g/mol. The summed E-state index contributed by atoms with van der Waals surface area (Å²) in [6.45, 7) is 4.53. The Kier molecular flexibility index (Phi) is 5.26. The van der Waals surface area contributed by atoms with Gasteiger partial charge in [-0.05, 0) is 51.1 Å². The molecule has 1 amide bonds. The van der Waals surface area contributed by atoms with E-state index in [-0.39, 0.29) is 11.8 Å². The summed E-state index contributed by atoms with van der Waals surface area (Å²) in [7, 11) is 0. The van der Waals surface area contributed by atoms with Crippen molar-refractivity contribution in [3.05, 3.63) is 0 Å². The first kappa shape index (κ1) is 12.8. The molecule has 98 valence electrons. The van der Waals surface area contributed by atoms with Crippen LogP contribution in [0.3, 0.4) is 0 Å². The molecule has 0 aromatic rings. The van der Waals surface area contributed by atoms with Crippen molar-refractivity contribution < 1.29 is 9.53 Å². The normalized spacial score (nSPS) is 26.7. The summed E-state index contributed by atoms with van der Waals surface area (Å²) in [4.78, 5) is 11.8. The Labute approximate surface area is 103 Å². The smallest absolute Gasteiger partial charge is 0.225 e. The molecule has 2 saturated heterocycles. The molecule has 2 N–H and O–H groups in total. The molecule has 0 radical (unpaired) electrons. The lowest BCUT2D eigenvalue weighted by molar-refractivity contribution is -0.129. The van der Waals surface area contributed by atoms with Crippen LogP contribution in [0.2, 0.25) is 0 Å². The molecule has 0 spiro atoms. The van der Waals surface area contributed by atoms with Crippen molar-refractivity contribution in [2.75, 3.05) is 32.8 Å². The van der Waals surface area contributed by atoms with E-state index in [4.69, 9.17) is 4.74 Å². The van der Waals surface area contributed by atoms with Gasteiger partial charge in [0.1, 0.15) is 0 Å². The number of carbonyl (C=O) groups excluding carboxylic acids is 1. The van der Waals surface area contributed by atoms with Crippen molar-refractivity contribution in [2.45, 2.75) is 32.1 Å². The van der Waals surface area contributed by atoms with Gasteiger partial charge in [-0.15, -0.1) is 0 Å². The summed E-state index contributed by atoms with van der Waals surface area (Å²) in [5, 5.41) is 6.42. The standard InChI is InChI=1S/C13H24N2O2/c16-13(12-2-1-9-17-10-12)15-8-5-11-3-6-14-7-4-11/h11-12,14H,1-10H2,(H,15,16). The molecule has 17 heavy (non-hydrogen) atoms. The summed E-state index contributed by atoms with van der Waals surface area (Å²) in [5.41, 5.74) is 0. The predicted molar refractivity (Wildman–Crippen MR) is 66.8 cm³/mol. The van der Waals surface area contributed by atoms with Crippen LogP contribution in [0.1, 0.15) is 32.1 Å². The quantitative estimate of drug-likeness (QED) is 0.768. The number of nitrogens with one attached hydrogen (secondary N) is 2. The number of hydrogen-bond donors (Lipinski definition) is 2. The van der Waals surface area contributed by atoms with E-state index in [1.165, 1.54) is 12.8 Å². The predicted octanol–water partition coefficient (Wildman–Crippen LogP) is 0.919. The van der Waals surface area contributed by atoms with E-state index in [1.807, 2.05) is 0 Å². The van der Waals surface area contributed by atoms with Gasteiger partial charge >= 0.3 is 0 Å². The maximum Gasteiger partial charge on any atom is 0.225 e. The number of rotatable bonds is 4. The number of carbonyl (C=O) groups is 1. The molecule has 1 unspecified atom stereocenters. The number of amides is 1. The van der Waals surface area contributed by atoms with Gasteiger partial charge in [-0.2, -0.15) is 0 Å². The topological polar surface area (TPSA) is 50.4 Å². The fraction of sp³-hybridized carbons (Fsp3) is 0.923. The first-order valence-corrected chi connectivity index (χ1v) is 6.92. The van der Waals surface area contributed by atoms with E-state index in [2.05, 4.69) is 10.6 Å². The molecule has 2 rings (SSSR count). The molecule has 0 saturated carbocycles. The fourth-order valence-corrected chi connectivity index (χ4v) is 2.66. The zero-order chi connectivity index (χ0) is 11.9. The van der Waals surface area contributed by atoms with Gasteiger partial charge in [0.15, 0.2) is 0 Å². The number of piperidine rings is 1. The van der Waals surface area contributed by atoms with Crippen LogP contribution in [-0.2, 0) is 9.53 Å². The Morgan fingerprint density at radius 2 is 2.12 bits per heavy atom. The average Bonchev–Trinajstić information content (AvgIpc) is 2.41. The molecule has 0 aromatic heterocycles. The summed E-state index contributed by atoms with van der Waals surface area (Å²) >= 11 is 0. The second-order valence-corrected chi connectivity index (χ2v) is 5.19. The minimum Gasteiger partial charge on any atom is -0.381 e. The van der Waals surface area contributed by atoms with Gasteiger partial charge in [0.05, 0.1) is 12.5 Å². The minimum absolute atomic E-state index is 0.0942. The fourth-order valence-electron chi connectivity index (χ4n) is 2.66. The second kappa shape index (κ2) is 6.97. The van der Waals surface area contributed by atoms with E-state index in [0.29, 0.717) is 6.61 Å². The third-order valence-corrected chi connectivity index (χ3v) is 3.84. The molecule has 0 bridgehead atoms. The van der Waals surface area contributed by atoms with Crippen LogP contribution < -0.4 is 10.6 Å². The lowest BCUT2D eigenvalue weighted by atomic mass is 9.94. The Morgan fingerprint density at radius 1 is 1.29 bits per heavy atom. The third kappa shape index (κ3) is 4.28. The first-order valence-electron chi connectivity index (χ1n) is 6.92. The Bertz CT molecular complexity index is 234. The lowest BCUT2D eigenvalue weighted by Gasteiger charge is -2.24. The highest BCUT2D eigenvalue weighted by molar-refractivity contribution is 5.78. The van der Waals surface area contributed by atoms with Gasteiger partial charge in [0.25, 0.3) is 0 Å². The van der Waals surface area contributed by atoms with Gasteiger partial charge in [-0.3, -0.25) is 4.79 Å². The van der Waals surface area contributed by atoms with Crippen LogP contribution in [-0.4, -0.2) is 38.8 Å². The first-order chi connectivity index (χ1) is 8.36. The van der Waals surface area contributed by atoms with Crippen molar-refractivity contribution in [1.29, 1.82) is 0 Å². The maximum atomic E-state index is 11.8. The molecular weight excluding hydrogens is 216 g/mol. The zero-order valence-electron chi connectivity index (χ0n) is 10.5. The highest BCUT2D eigenvalue weighted by Crippen LogP contribution is 2.16. The van der Waals surface area contributed by atoms with Crippen LogP contribution in [0.25, 0.3) is 0 Å². The molecule has 0 aliphatic carbocycles. The summed E-state index contributed by atoms with van der Waals surface area (Å²) in [5.74, 6) is 1.08. The van der Waals surface area contributed by atoms with E-state index in [1.54, 1.807) is 0 Å². The highest BCUT2D eigenvalue weighted by Gasteiger charge is 2.21. The van der Waals surface area contributed by atoms with Crippen LogP contribution >= 0.6 is 0 Å². The van der Waals surface area contributed by atoms with Gasteiger partial charge in [-0.25, -0.2) is 0 Å². The van der Waals surface area contributed by atoms with E-state index < -0.39 is 0 Å². The minimum atomic E-state index is 0.0942. The van der Waals surface area contributed by atoms with Crippen LogP contribution in [0.15, 0.2) is 0 Å². The molecule has 2 fully saturated rings. The molecule has 4 nitrogen and oxygen atoms in total. The summed E-state index contributed by atoms with van der Waals surface area (Å²) < 4.78 is 5.33. The summed E-state index contributed by atoms with van der Waals surface area (Å²) in [6.07, 6.45) is 5.64. The van der Waals surface area contributed by atoms with E-state index in [9.17, 15) is 4.79 Å². The second-order valence-electron chi connectivity index (χ2n) is 5.19. The van der Waals surface area contributed by atoms with Crippen molar-refractivity contribution in [3.8, 4) is 0 Å². The van der Waals surface area contributed by atoms with Crippen LogP contribution in [0, 0.1) is 11.8 Å². The van der Waals surface area contributed by atoms with E-state index >= 15 is 0 Å². The third-order valence-electron chi connectivity index (χ3n) is 3.84. The van der Waals surface area contributed by atoms with Crippen LogP contribution in [0.4, 0.5) is 0 Å². The molecule has 1 atom stereocenters. The van der Waals surface area contributed by atoms with Crippen molar-refractivity contribution >= 4 is 5.91 Å². The van der Waals surface area contributed by atoms with Crippen molar-refractivity contribution in [2.24, 2.45) is 11.8 Å². The van der Waals surface area contributed by atoms with Crippen LogP contribution in [0.5, 0.6) is 0 Å². The molecular formula is C13H24N2O2. The zero-order valence-corrected chi connectivity index (χ0v) is 10.5. The largest absolute Gasteiger partial charge is 0.381 e. The average molecular weight is 240 g/mol. The van der Waals surface area contributed by atoms with Crippen molar-refractivity contribution in [3.63, 3.8) is 0 Å². The molecule has 2 heterocycles. The number of ether oxygens (including phenoxy) is 1. The molecule has 0 aromatic carbocycles. The highest BCUT2D eigenvalue weighted by atomic mass is 16.5. The SMILES string of the molecule is O=C(NCCC1CCNCC1)C1CCCOC1. The van der Waals surface area contributed by atoms with E-state index in [0.717, 1.165) is 51.4 Å². The molecule has 2 aliphatic rings. The van der Waals surface area contributed by atoms with Gasteiger partial charge in [-0.1, -0.05) is 0 Å². The Hall–Kier alpha value is -0.610. The maximum absolute atomic E-state index is 11.8. The Morgan fingerprint density at radius 3 is 2.82 bits per heavy atom. The van der Waals surface area contributed by atoms with Crippen molar-refractivity contribution in [1.82, 2.24) is 10.6 Å². The molecule has 4 heteroatoms. The Balaban J connectivity index is 1.58. The van der Waals surface area contributed by atoms with Gasteiger partial charge < -0.3 is 15.4 Å². The summed E-state index contributed by atoms with van der Waals surface area (Å²) in [6, 6.07) is 0. The van der Waals surface area contributed by atoms with Gasteiger partial charge in [0.2, 0.25) is 5.91 Å².